The Morgan fingerprint density at radius 3 is 2.76 bits per heavy atom. The van der Waals surface area contributed by atoms with Crippen molar-refractivity contribution in [3.63, 3.8) is 0 Å². The largest absolute Gasteiger partial charge is 0.491 e. The number of aryl methyl sites for hydroxylation is 1. The van der Waals surface area contributed by atoms with E-state index in [1.165, 1.54) is 6.42 Å². The molecular weight excluding hydrogens is 314 g/mol. The van der Waals surface area contributed by atoms with Gasteiger partial charge in [0, 0.05) is 12.3 Å². The van der Waals surface area contributed by atoms with E-state index in [1.807, 2.05) is 39.0 Å². The lowest BCUT2D eigenvalue weighted by Crippen LogP contribution is -2.48. The van der Waals surface area contributed by atoms with Crippen LogP contribution in [-0.4, -0.2) is 24.2 Å². The fourth-order valence-corrected chi connectivity index (χ4v) is 3.56. The van der Waals surface area contributed by atoms with Gasteiger partial charge in [0.25, 0.3) is 5.91 Å². The van der Waals surface area contributed by atoms with Gasteiger partial charge in [-0.1, -0.05) is 20.3 Å². The van der Waals surface area contributed by atoms with E-state index in [0.717, 1.165) is 42.7 Å². The van der Waals surface area contributed by atoms with Gasteiger partial charge in [0.1, 0.15) is 11.4 Å². The Hall–Kier alpha value is -1.55. The molecule has 0 saturated heterocycles. The van der Waals surface area contributed by atoms with E-state index in [4.69, 9.17) is 9.47 Å². The summed E-state index contributed by atoms with van der Waals surface area (Å²) in [6.45, 7) is 10.9. The summed E-state index contributed by atoms with van der Waals surface area (Å²) in [6, 6.07) is 5.80. The van der Waals surface area contributed by atoms with Gasteiger partial charge in [0.2, 0.25) is 0 Å². The normalized spacial score (nSPS) is 23.5. The molecule has 0 spiro atoms. The van der Waals surface area contributed by atoms with Crippen LogP contribution in [0.1, 0.15) is 65.4 Å². The number of benzene rings is 1. The highest BCUT2D eigenvalue weighted by Crippen LogP contribution is 2.36. The van der Waals surface area contributed by atoms with Gasteiger partial charge in [-0.2, -0.15) is 0 Å². The Bertz CT molecular complexity index is 585. The van der Waals surface area contributed by atoms with Gasteiger partial charge in [-0.25, -0.2) is 0 Å². The molecule has 0 radical (unpaired) electrons. The van der Waals surface area contributed by atoms with Crippen molar-refractivity contribution in [3.8, 4) is 5.75 Å². The minimum absolute atomic E-state index is 0.00979. The molecule has 1 saturated carbocycles. The van der Waals surface area contributed by atoms with E-state index < -0.39 is 5.60 Å². The van der Waals surface area contributed by atoms with Crippen LogP contribution >= 0.6 is 0 Å². The molecule has 1 aliphatic carbocycles. The SMILES string of the molecule is CCCO[C@@]1(C(=O)Nc2ccc(OC(C)C)c(C)c2)CCC[C@@H](C)C1. The summed E-state index contributed by atoms with van der Waals surface area (Å²) >= 11 is 0. The zero-order valence-corrected chi connectivity index (χ0v) is 16.4. The van der Waals surface area contributed by atoms with Gasteiger partial charge in [-0.3, -0.25) is 4.79 Å². The molecule has 0 bridgehead atoms. The lowest BCUT2D eigenvalue weighted by molar-refractivity contribution is -0.148. The fourth-order valence-electron chi connectivity index (χ4n) is 3.56. The third-order valence-electron chi connectivity index (χ3n) is 4.75. The molecule has 4 heteroatoms. The van der Waals surface area contributed by atoms with Crippen molar-refractivity contribution in [2.75, 3.05) is 11.9 Å². The molecule has 1 aromatic carbocycles. The highest BCUT2D eigenvalue weighted by molar-refractivity contribution is 5.97. The van der Waals surface area contributed by atoms with E-state index in [1.54, 1.807) is 0 Å². The van der Waals surface area contributed by atoms with E-state index in [-0.39, 0.29) is 12.0 Å². The van der Waals surface area contributed by atoms with Crippen LogP contribution in [0.5, 0.6) is 5.75 Å². The predicted octanol–water partition coefficient (Wildman–Crippen LogP) is 5.10. The first-order valence-electron chi connectivity index (χ1n) is 9.59. The number of ether oxygens (including phenoxy) is 2. The first-order valence-corrected chi connectivity index (χ1v) is 9.59. The van der Waals surface area contributed by atoms with Gasteiger partial charge in [0.05, 0.1) is 6.10 Å². The second-order valence-electron chi connectivity index (χ2n) is 7.65. The zero-order chi connectivity index (χ0) is 18.4. The second-order valence-corrected chi connectivity index (χ2v) is 7.65. The minimum Gasteiger partial charge on any atom is -0.491 e. The number of rotatable bonds is 7. The van der Waals surface area contributed by atoms with Gasteiger partial charge in [-0.15, -0.1) is 0 Å². The van der Waals surface area contributed by atoms with Crippen molar-refractivity contribution in [1.29, 1.82) is 0 Å². The molecule has 0 aliphatic heterocycles. The van der Waals surface area contributed by atoms with Gasteiger partial charge >= 0.3 is 0 Å². The summed E-state index contributed by atoms with van der Waals surface area (Å²) < 4.78 is 11.9. The van der Waals surface area contributed by atoms with E-state index in [0.29, 0.717) is 12.5 Å². The summed E-state index contributed by atoms with van der Waals surface area (Å²) in [4.78, 5) is 13.0. The number of amides is 1. The van der Waals surface area contributed by atoms with Crippen LogP contribution < -0.4 is 10.1 Å². The third-order valence-corrected chi connectivity index (χ3v) is 4.75. The molecular formula is C21H33NO3. The maximum Gasteiger partial charge on any atom is 0.256 e. The van der Waals surface area contributed by atoms with Crippen molar-refractivity contribution in [3.05, 3.63) is 23.8 Å². The summed E-state index contributed by atoms with van der Waals surface area (Å²) in [5.41, 5.74) is 1.14. The quantitative estimate of drug-likeness (QED) is 0.747. The first kappa shape index (κ1) is 19.8. The Morgan fingerprint density at radius 1 is 1.40 bits per heavy atom. The first-order chi connectivity index (χ1) is 11.9. The molecule has 1 amide bonds. The molecule has 25 heavy (non-hydrogen) atoms. The van der Waals surface area contributed by atoms with Crippen LogP contribution in [0.3, 0.4) is 0 Å². The fraction of sp³-hybridized carbons (Fsp3) is 0.667. The topological polar surface area (TPSA) is 47.6 Å². The predicted molar refractivity (Wildman–Crippen MR) is 102 cm³/mol. The number of hydrogen-bond acceptors (Lipinski definition) is 3. The van der Waals surface area contributed by atoms with Crippen LogP contribution in [0, 0.1) is 12.8 Å². The molecule has 0 unspecified atom stereocenters. The standard InChI is InChI=1S/C21H33NO3/c1-6-12-24-21(11-7-8-16(4)14-21)20(23)22-18-9-10-19(17(5)13-18)25-15(2)3/h9-10,13,15-16H,6-8,11-12,14H2,1-5H3,(H,22,23)/t16-,21+/m1/s1. The van der Waals surface area contributed by atoms with Crippen LogP contribution in [0.2, 0.25) is 0 Å². The van der Waals surface area contributed by atoms with Crippen molar-refractivity contribution in [1.82, 2.24) is 0 Å². The number of nitrogens with one attached hydrogen (secondary N) is 1. The van der Waals surface area contributed by atoms with E-state index >= 15 is 0 Å². The molecule has 0 heterocycles. The zero-order valence-electron chi connectivity index (χ0n) is 16.4. The smallest absolute Gasteiger partial charge is 0.256 e. The van der Waals surface area contributed by atoms with Crippen molar-refractivity contribution >= 4 is 11.6 Å². The molecule has 1 aliphatic rings. The molecule has 4 nitrogen and oxygen atoms in total. The van der Waals surface area contributed by atoms with Gasteiger partial charge < -0.3 is 14.8 Å². The molecule has 1 N–H and O–H groups in total. The van der Waals surface area contributed by atoms with Crippen molar-refractivity contribution in [2.24, 2.45) is 5.92 Å². The van der Waals surface area contributed by atoms with Crippen LogP contribution in [0.25, 0.3) is 0 Å². The monoisotopic (exact) mass is 347 g/mol. The maximum atomic E-state index is 13.0. The Kier molecular flexibility index (Phi) is 6.88. The van der Waals surface area contributed by atoms with E-state index in [2.05, 4.69) is 19.2 Å². The second kappa shape index (κ2) is 8.70. The van der Waals surface area contributed by atoms with Crippen LogP contribution in [0.4, 0.5) is 5.69 Å². The molecule has 1 aromatic rings. The molecule has 0 aromatic heterocycles. The summed E-state index contributed by atoms with van der Waals surface area (Å²) in [5, 5.41) is 3.08. The lowest BCUT2D eigenvalue weighted by atomic mass is 9.78. The number of carbonyl (C=O) groups is 1. The summed E-state index contributed by atoms with van der Waals surface area (Å²) in [5.74, 6) is 1.36. The van der Waals surface area contributed by atoms with Crippen molar-refractivity contribution < 1.29 is 14.3 Å². The highest BCUT2D eigenvalue weighted by Gasteiger charge is 2.42. The Balaban J connectivity index is 2.13. The van der Waals surface area contributed by atoms with Gasteiger partial charge in [0.15, 0.2) is 0 Å². The molecule has 2 rings (SSSR count). The average Bonchev–Trinajstić information content (AvgIpc) is 2.55. The molecule has 2 atom stereocenters. The maximum absolute atomic E-state index is 13.0. The number of hydrogen-bond donors (Lipinski definition) is 1. The van der Waals surface area contributed by atoms with E-state index in [9.17, 15) is 4.79 Å². The Labute approximate surface area is 152 Å². The third kappa shape index (κ3) is 5.21. The number of anilines is 1. The number of carbonyl (C=O) groups excluding carboxylic acids is 1. The average molecular weight is 347 g/mol. The van der Waals surface area contributed by atoms with Gasteiger partial charge in [-0.05, 0) is 76.1 Å². The van der Waals surface area contributed by atoms with Crippen LogP contribution in [0.15, 0.2) is 18.2 Å². The highest BCUT2D eigenvalue weighted by atomic mass is 16.5. The van der Waals surface area contributed by atoms with Crippen LogP contribution in [-0.2, 0) is 9.53 Å². The molecule has 1 fully saturated rings. The minimum atomic E-state index is -0.686. The lowest BCUT2D eigenvalue weighted by Gasteiger charge is -2.38. The summed E-state index contributed by atoms with van der Waals surface area (Å²) in [7, 11) is 0. The van der Waals surface area contributed by atoms with Crippen molar-refractivity contribution in [2.45, 2.75) is 78.4 Å². The Morgan fingerprint density at radius 2 is 2.16 bits per heavy atom. The molecule has 140 valence electrons. The summed E-state index contributed by atoms with van der Waals surface area (Å²) in [6.07, 6.45) is 4.87.